The number of nitrogens with zero attached hydrogens (tertiary/aromatic N) is 1. The monoisotopic (exact) mass is 335 g/mol. The van der Waals surface area contributed by atoms with E-state index in [2.05, 4.69) is 105 Å². The molecule has 0 bridgehead atoms. The summed E-state index contributed by atoms with van der Waals surface area (Å²) in [5.74, 6) is 0. The Kier molecular flexibility index (Phi) is 4.37. The molecule has 26 heavy (non-hydrogen) atoms. The van der Waals surface area contributed by atoms with Gasteiger partial charge >= 0.3 is 0 Å². The lowest BCUT2D eigenvalue weighted by Crippen LogP contribution is -2.00. The maximum absolute atomic E-state index is 4.91. The van der Waals surface area contributed by atoms with Crippen molar-refractivity contribution in [3.8, 4) is 33.4 Å². The van der Waals surface area contributed by atoms with Crippen LogP contribution in [-0.4, -0.2) is 4.98 Å². The van der Waals surface area contributed by atoms with Gasteiger partial charge in [-0.25, -0.2) is 0 Å². The smallest absolute Gasteiger partial charge is 0.0460 e. The van der Waals surface area contributed by atoms with Gasteiger partial charge in [0.1, 0.15) is 0 Å². The number of hydrogen-bond donors (Lipinski definition) is 0. The summed E-state index contributed by atoms with van der Waals surface area (Å²) in [4.78, 5) is 4.91. The van der Waals surface area contributed by atoms with Gasteiger partial charge in [-0.3, -0.25) is 4.98 Å². The summed E-state index contributed by atoms with van der Waals surface area (Å²) >= 11 is 0. The molecule has 4 rings (SSSR count). The fraction of sp³-hybridized carbons (Fsp3) is 0.0800. The van der Waals surface area contributed by atoms with E-state index in [0.717, 1.165) is 11.4 Å². The highest BCUT2D eigenvalue weighted by atomic mass is 14.7. The Labute approximate surface area is 155 Å². The minimum atomic E-state index is 1.06. The molecule has 0 aliphatic rings. The van der Waals surface area contributed by atoms with Crippen LogP contribution in [0.1, 0.15) is 11.4 Å². The van der Waals surface area contributed by atoms with Crippen LogP contribution >= 0.6 is 0 Å². The molecule has 0 atom stereocenters. The summed E-state index contributed by atoms with van der Waals surface area (Å²) in [5.41, 5.74) is 9.43. The lowest BCUT2D eigenvalue weighted by Gasteiger charge is -2.20. The third-order valence-corrected chi connectivity index (χ3v) is 4.75. The van der Waals surface area contributed by atoms with Crippen LogP contribution in [0.5, 0.6) is 0 Å². The quantitative estimate of drug-likeness (QED) is 0.406. The first-order valence-corrected chi connectivity index (χ1v) is 8.93. The molecule has 0 spiro atoms. The Morgan fingerprint density at radius 3 is 1.08 bits per heavy atom. The van der Waals surface area contributed by atoms with E-state index in [1.807, 2.05) is 0 Å². The Bertz CT molecular complexity index is 956. The Morgan fingerprint density at radius 1 is 0.423 bits per heavy atom. The predicted octanol–water partition coefficient (Wildman–Crippen LogP) is 6.70. The van der Waals surface area contributed by atoms with Gasteiger partial charge in [-0.05, 0) is 30.5 Å². The van der Waals surface area contributed by atoms with Crippen LogP contribution in [0.25, 0.3) is 33.4 Å². The third-order valence-electron chi connectivity index (χ3n) is 4.75. The average Bonchev–Trinajstić information content (AvgIpc) is 2.69. The highest BCUT2D eigenvalue weighted by molar-refractivity contribution is 5.96. The summed E-state index contributed by atoms with van der Waals surface area (Å²) < 4.78 is 0. The first-order chi connectivity index (χ1) is 12.8. The predicted molar refractivity (Wildman–Crippen MR) is 110 cm³/mol. The number of pyridine rings is 1. The van der Waals surface area contributed by atoms with Crippen molar-refractivity contribution in [2.24, 2.45) is 0 Å². The molecule has 1 heteroatoms. The van der Waals surface area contributed by atoms with Crippen LogP contribution < -0.4 is 0 Å². The maximum atomic E-state index is 4.91. The second-order valence-corrected chi connectivity index (χ2v) is 6.51. The lowest BCUT2D eigenvalue weighted by molar-refractivity contribution is 1.13. The van der Waals surface area contributed by atoms with Crippen molar-refractivity contribution in [1.82, 2.24) is 4.98 Å². The molecule has 126 valence electrons. The molecule has 0 unspecified atom stereocenters. The first-order valence-electron chi connectivity index (χ1n) is 8.93. The van der Waals surface area contributed by atoms with Gasteiger partial charge in [0.15, 0.2) is 0 Å². The van der Waals surface area contributed by atoms with Crippen molar-refractivity contribution in [2.75, 3.05) is 0 Å². The minimum Gasteiger partial charge on any atom is -0.257 e. The standard InChI is InChI=1S/C25H21N/c1-18-23(20-12-6-3-7-13-20)25(22-16-10-5-11-17-22)24(19(2)26-18)21-14-8-4-9-15-21/h3-17H,1-2H3. The van der Waals surface area contributed by atoms with Crippen molar-refractivity contribution in [3.05, 3.63) is 102 Å². The Hall–Kier alpha value is -3.19. The van der Waals surface area contributed by atoms with E-state index >= 15 is 0 Å². The van der Waals surface area contributed by atoms with E-state index in [4.69, 9.17) is 4.98 Å². The number of rotatable bonds is 3. The molecule has 1 nitrogen and oxygen atoms in total. The van der Waals surface area contributed by atoms with Gasteiger partial charge in [-0.1, -0.05) is 91.0 Å². The van der Waals surface area contributed by atoms with Gasteiger partial charge < -0.3 is 0 Å². The summed E-state index contributed by atoms with van der Waals surface area (Å²) in [6, 6.07) is 31.8. The van der Waals surface area contributed by atoms with Crippen LogP contribution in [0.4, 0.5) is 0 Å². The van der Waals surface area contributed by atoms with Gasteiger partial charge in [-0.2, -0.15) is 0 Å². The summed E-state index contributed by atoms with van der Waals surface area (Å²) in [5, 5.41) is 0. The van der Waals surface area contributed by atoms with Crippen molar-refractivity contribution in [3.63, 3.8) is 0 Å². The van der Waals surface area contributed by atoms with Crippen molar-refractivity contribution >= 4 is 0 Å². The fourth-order valence-corrected chi connectivity index (χ4v) is 3.66. The molecule has 1 heterocycles. The molecule has 0 saturated heterocycles. The van der Waals surface area contributed by atoms with Crippen LogP contribution in [0, 0.1) is 13.8 Å². The number of hydrogen-bond acceptors (Lipinski definition) is 1. The van der Waals surface area contributed by atoms with Crippen molar-refractivity contribution < 1.29 is 0 Å². The summed E-state index contributed by atoms with van der Waals surface area (Å²) in [7, 11) is 0. The number of aryl methyl sites for hydroxylation is 2. The fourth-order valence-electron chi connectivity index (χ4n) is 3.66. The zero-order valence-corrected chi connectivity index (χ0v) is 15.1. The molecule has 4 aromatic rings. The second kappa shape index (κ2) is 6.97. The van der Waals surface area contributed by atoms with Gasteiger partial charge in [0, 0.05) is 28.1 Å². The van der Waals surface area contributed by atoms with Crippen molar-refractivity contribution in [2.45, 2.75) is 13.8 Å². The topological polar surface area (TPSA) is 12.9 Å². The van der Waals surface area contributed by atoms with Gasteiger partial charge in [0.2, 0.25) is 0 Å². The molecular formula is C25H21N. The van der Waals surface area contributed by atoms with E-state index in [0.29, 0.717) is 0 Å². The van der Waals surface area contributed by atoms with Crippen LogP contribution in [0.2, 0.25) is 0 Å². The molecule has 0 N–H and O–H groups in total. The molecule has 0 aliphatic heterocycles. The van der Waals surface area contributed by atoms with Gasteiger partial charge in [0.25, 0.3) is 0 Å². The molecule has 0 fully saturated rings. The lowest BCUT2D eigenvalue weighted by atomic mass is 9.86. The molecular weight excluding hydrogens is 314 g/mol. The maximum Gasteiger partial charge on any atom is 0.0460 e. The van der Waals surface area contributed by atoms with E-state index < -0.39 is 0 Å². The normalized spacial score (nSPS) is 10.7. The molecule has 1 aromatic heterocycles. The minimum absolute atomic E-state index is 1.06. The highest BCUT2D eigenvalue weighted by Crippen LogP contribution is 2.42. The third kappa shape index (κ3) is 2.93. The Morgan fingerprint density at radius 2 is 0.731 bits per heavy atom. The van der Waals surface area contributed by atoms with Crippen molar-refractivity contribution in [1.29, 1.82) is 0 Å². The van der Waals surface area contributed by atoms with Gasteiger partial charge in [0.05, 0.1) is 0 Å². The molecule has 3 aromatic carbocycles. The van der Waals surface area contributed by atoms with E-state index in [-0.39, 0.29) is 0 Å². The van der Waals surface area contributed by atoms with Gasteiger partial charge in [-0.15, -0.1) is 0 Å². The van der Waals surface area contributed by atoms with E-state index in [1.165, 1.54) is 33.4 Å². The molecule has 0 radical (unpaired) electrons. The zero-order valence-electron chi connectivity index (χ0n) is 15.1. The van der Waals surface area contributed by atoms with Crippen LogP contribution in [0.15, 0.2) is 91.0 Å². The zero-order chi connectivity index (χ0) is 17.9. The highest BCUT2D eigenvalue weighted by Gasteiger charge is 2.19. The molecule has 0 amide bonds. The summed E-state index contributed by atoms with van der Waals surface area (Å²) in [6.07, 6.45) is 0. The summed E-state index contributed by atoms with van der Waals surface area (Å²) in [6.45, 7) is 4.22. The van der Waals surface area contributed by atoms with E-state index in [9.17, 15) is 0 Å². The number of aromatic nitrogens is 1. The number of benzene rings is 3. The largest absolute Gasteiger partial charge is 0.257 e. The molecule has 0 saturated carbocycles. The van der Waals surface area contributed by atoms with E-state index in [1.54, 1.807) is 0 Å². The van der Waals surface area contributed by atoms with Crippen LogP contribution in [-0.2, 0) is 0 Å². The SMILES string of the molecule is Cc1nc(C)c(-c2ccccc2)c(-c2ccccc2)c1-c1ccccc1. The molecule has 0 aliphatic carbocycles. The Balaban J connectivity index is 2.13. The second-order valence-electron chi connectivity index (χ2n) is 6.51. The average molecular weight is 335 g/mol. The van der Waals surface area contributed by atoms with Crippen LogP contribution in [0.3, 0.4) is 0 Å². The first kappa shape index (κ1) is 16.3.